The summed E-state index contributed by atoms with van der Waals surface area (Å²) in [5.74, 6) is 1.06. The highest BCUT2D eigenvalue weighted by Crippen LogP contribution is 2.41. The maximum atomic E-state index is 6.88. The van der Waals surface area contributed by atoms with E-state index in [9.17, 15) is 0 Å². The first kappa shape index (κ1) is 24.6. The molecule has 0 aliphatic carbocycles. The van der Waals surface area contributed by atoms with Gasteiger partial charge in [0.15, 0.2) is 16.6 Å². The van der Waals surface area contributed by atoms with Crippen molar-refractivity contribution in [1.82, 2.24) is 4.57 Å². The van der Waals surface area contributed by atoms with Crippen LogP contribution in [-0.2, 0) is 7.05 Å². The minimum Gasteiger partial charge on any atom is -0.456 e. The van der Waals surface area contributed by atoms with Gasteiger partial charge >= 0.3 is 0 Å². The van der Waals surface area contributed by atoms with Crippen molar-refractivity contribution in [2.24, 2.45) is 7.05 Å². The van der Waals surface area contributed by atoms with E-state index in [1.54, 1.807) is 0 Å². The van der Waals surface area contributed by atoms with Gasteiger partial charge in [-0.25, -0.2) is 4.57 Å². The van der Waals surface area contributed by atoms with Crippen molar-refractivity contribution in [3.63, 3.8) is 0 Å². The Bertz CT molecular complexity index is 2850. The number of hydrogen-bond acceptors (Lipinski definition) is 2. The molecule has 4 heteroatoms. The topological polar surface area (TPSA) is 35.1 Å². The lowest BCUT2D eigenvalue weighted by molar-refractivity contribution is -0.633. The van der Waals surface area contributed by atoms with E-state index in [1.165, 1.54) is 21.5 Å². The van der Waals surface area contributed by atoms with Gasteiger partial charge in [0.05, 0.1) is 7.05 Å². The summed E-state index contributed by atoms with van der Waals surface area (Å²) in [6.45, 7) is 2.18. The van der Waals surface area contributed by atoms with Crippen LogP contribution in [0.5, 0.6) is 0 Å². The average molecular weight is 580 g/mol. The Kier molecular flexibility index (Phi) is 4.82. The number of hydrogen-bond donors (Lipinski definition) is 0. The molecule has 0 radical (unpaired) electrons. The maximum Gasteiger partial charge on any atom is 0.298 e. The molecule has 0 aliphatic heterocycles. The predicted octanol–water partition coefficient (Wildman–Crippen LogP) is 10.5. The number of para-hydroxylation sites is 3. The second-order valence-corrected chi connectivity index (χ2v) is 12.1. The van der Waals surface area contributed by atoms with Crippen LogP contribution >= 0.6 is 0 Å². The summed E-state index contributed by atoms with van der Waals surface area (Å²) in [5, 5.41) is 9.38. The molecule has 0 unspecified atom stereocenters. The second-order valence-electron chi connectivity index (χ2n) is 12.1. The van der Waals surface area contributed by atoms with Crippen LogP contribution in [0.2, 0.25) is 0 Å². The molecule has 0 aliphatic rings. The molecule has 0 atom stereocenters. The van der Waals surface area contributed by atoms with Crippen LogP contribution in [0, 0.1) is 6.92 Å². The maximum absolute atomic E-state index is 6.88. The number of rotatable bonds is 2. The summed E-state index contributed by atoms with van der Waals surface area (Å²) in [6, 6.07) is 45.3. The quantitative estimate of drug-likeness (QED) is 0.151. The molecule has 10 aromatic rings. The molecule has 0 bridgehead atoms. The van der Waals surface area contributed by atoms with Crippen molar-refractivity contribution in [2.45, 2.75) is 6.92 Å². The SMILES string of the molecule is Cc1ccc2c(oc3cc4c(ccc5ccccc54)cc32)c1-c1n(-c2ccc3c(c2)oc2ccccc23)c2ccccc2[n+]1C. The Balaban J connectivity index is 1.30. The molecule has 0 N–H and O–H groups in total. The molecule has 3 aromatic heterocycles. The van der Waals surface area contributed by atoms with Crippen molar-refractivity contribution in [2.75, 3.05) is 0 Å². The standard InChI is InChI=1S/C41H27N2O2/c1-24-15-19-31-33-21-26-17-16-25-9-3-4-10-28(25)32(26)23-38(33)45-40(31)39(24)41-42(2)34-12-6-7-13-35(34)43(41)27-18-20-30-29-11-5-8-14-36(29)44-37(30)22-27/h3-23H,1-2H3/q+1. The van der Waals surface area contributed by atoms with Crippen LogP contribution in [0.3, 0.4) is 0 Å². The van der Waals surface area contributed by atoms with Gasteiger partial charge in [-0.1, -0.05) is 78.9 Å². The molecule has 10 rings (SSSR count). The Morgan fingerprint density at radius 3 is 2.20 bits per heavy atom. The first-order chi connectivity index (χ1) is 22.1. The minimum atomic E-state index is 0.873. The van der Waals surface area contributed by atoms with Crippen molar-refractivity contribution in [3.8, 4) is 17.1 Å². The molecule has 0 saturated heterocycles. The fraction of sp³-hybridized carbons (Fsp3) is 0.0488. The lowest BCUT2D eigenvalue weighted by Crippen LogP contribution is -2.30. The van der Waals surface area contributed by atoms with Crippen LogP contribution in [0.15, 0.2) is 136 Å². The van der Waals surface area contributed by atoms with Crippen LogP contribution in [0.25, 0.3) is 93.5 Å². The van der Waals surface area contributed by atoms with Gasteiger partial charge < -0.3 is 8.83 Å². The monoisotopic (exact) mass is 579 g/mol. The number of benzene rings is 7. The summed E-state index contributed by atoms with van der Waals surface area (Å²) < 4.78 is 17.9. The number of nitrogens with zero attached hydrogens (tertiary/aromatic N) is 2. The lowest BCUT2D eigenvalue weighted by Gasteiger charge is -2.07. The molecule has 7 aromatic carbocycles. The molecular formula is C41H27N2O2+. The van der Waals surface area contributed by atoms with E-state index in [0.29, 0.717) is 0 Å². The zero-order valence-electron chi connectivity index (χ0n) is 24.8. The molecule has 4 nitrogen and oxygen atoms in total. The predicted molar refractivity (Wildman–Crippen MR) is 184 cm³/mol. The van der Waals surface area contributed by atoms with E-state index in [2.05, 4.69) is 138 Å². The number of imidazole rings is 1. The molecule has 0 spiro atoms. The molecule has 45 heavy (non-hydrogen) atoms. The first-order valence-electron chi connectivity index (χ1n) is 15.3. The van der Waals surface area contributed by atoms with Crippen molar-refractivity contribution in [3.05, 3.63) is 133 Å². The zero-order chi connectivity index (χ0) is 29.8. The van der Waals surface area contributed by atoms with Crippen molar-refractivity contribution >= 4 is 76.5 Å². The van der Waals surface area contributed by atoms with E-state index in [-0.39, 0.29) is 0 Å². The van der Waals surface area contributed by atoms with E-state index < -0.39 is 0 Å². The molecule has 0 amide bonds. The van der Waals surface area contributed by atoms with Crippen molar-refractivity contribution < 1.29 is 13.4 Å². The second kappa shape index (κ2) is 8.84. The molecule has 212 valence electrons. The van der Waals surface area contributed by atoms with Gasteiger partial charge in [-0.15, -0.1) is 0 Å². The minimum absolute atomic E-state index is 0.873. The summed E-state index contributed by atoms with van der Waals surface area (Å²) >= 11 is 0. The van der Waals surface area contributed by atoms with Crippen LogP contribution < -0.4 is 4.57 Å². The molecule has 0 saturated carbocycles. The highest BCUT2D eigenvalue weighted by Gasteiger charge is 2.30. The van der Waals surface area contributed by atoms with Crippen LogP contribution in [-0.4, -0.2) is 4.57 Å². The zero-order valence-corrected chi connectivity index (χ0v) is 24.8. The van der Waals surface area contributed by atoms with Crippen LogP contribution in [0.1, 0.15) is 5.56 Å². The summed E-state index contributed by atoms with van der Waals surface area (Å²) in [6.07, 6.45) is 0. The van der Waals surface area contributed by atoms with E-state index in [1.807, 2.05) is 12.1 Å². The van der Waals surface area contributed by atoms with Crippen molar-refractivity contribution in [1.29, 1.82) is 0 Å². The average Bonchev–Trinajstić information content (AvgIpc) is 3.72. The third-order valence-corrected chi connectivity index (χ3v) is 9.57. The van der Waals surface area contributed by atoms with Gasteiger partial charge in [0.25, 0.3) is 5.82 Å². The highest BCUT2D eigenvalue weighted by molar-refractivity contribution is 6.17. The van der Waals surface area contributed by atoms with E-state index in [4.69, 9.17) is 8.83 Å². The van der Waals surface area contributed by atoms with Crippen LogP contribution in [0.4, 0.5) is 0 Å². The third-order valence-electron chi connectivity index (χ3n) is 9.57. The number of furan rings is 2. The van der Waals surface area contributed by atoms with Gasteiger partial charge in [-0.3, -0.25) is 0 Å². The Morgan fingerprint density at radius 2 is 1.27 bits per heavy atom. The van der Waals surface area contributed by atoms with Gasteiger partial charge in [0, 0.05) is 27.6 Å². The summed E-state index contributed by atoms with van der Waals surface area (Å²) in [5.41, 5.74) is 9.11. The molecule has 3 heterocycles. The Morgan fingerprint density at radius 1 is 0.533 bits per heavy atom. The normalized spacial score (nSPS) is 12.2. The van der Waals surface area contributed by atoms with Gasteiger partial charge in [-0.2, -0.15) is 4.57 Å². The fourth-order valence-corrected chi connectivity index (χ4v) is 7.43. The number of aryl methyl sites for hydroxylation is 2. The largest absolute Gasteiger partial charge is 0.456 e. The highest BCUT2D eigenvalue weighted by atomic mass is 16.3. The summed E-state index contributed by atoms with van der Waals surface area (Å²) in [4.78, 5) is 0. The summed E-state index contributed by atoms with van der Waals surface area (Å²) in [7, 11) is 2.15. The molecule has 0 fully saturated rings. The van der Waals surface area contributed by atoms with E-state index >= 15 is 0 Å². The fourth-order valence-electron chi connectivity index (χ4n) is 7.43. The van der Waals surface area contributed by atoms with E-state index in [0.717, 1.165) is 77.5 Å². The smallest absolute Gasteiger partial charge is 0.298 e. The first-order valence-corrected chi connectivity index (χ1v) is 15.3. The Labute approximate surface area is 257 Å². The van der Waals surface area contributed by atoms with Gasteiger partial charge in [-0.05, 0) is 76.5 Å². The van der Waals surface area contributed by atoms with Gasteiger partial charge in [0.2, 0.25) is 0 Å². The van der Waals surface area contributed by atoms with Gasteiger partial charge in [0.1, 0.15) is 28.0 Å². The third kappa shape index (κ3) is 3.34. The lowest BCUT2D eigenvalue weighted by atomic mass is 9.99. The number of aromatic nitrogens is 2. The molecular weight excluding hydrogens is 552 g/mol. The Hall–Kier alpha value is -5.87. The number of fused-ring (bicyclic) bond motifs is 10.